The van der Waals surface area contributed by atoms with Crippen molar-refractivity contribution in [3.63, 3.8) is 0 Å². The van der Waals surface area contributed by atoms with Crippen molar-refractivity contribution in [2.24, 2.45) is 5.92 Å². The van der Waals surface area contributed by atoms with Gasteiger partial charge in [-0.05, 0) is 63.0 Å². The molecule has 0 fully saturated rings. The lowest BCUT2D eigenvalue weighted by Crippen LogP contribution is -2.14. The van der Waals surface area contributed by atoms with Gasteiger partial charge >= 0.3 is 0 Å². The Labute approximate surface area is 198 Å². The molecule has 0 saturated heterocycles. The molecule has 0 heterocycles. The average Bonchev–Trinajstić information content (AvgIpc) is 2.81. The van der Waals surface area contributed by atoms with Crippen LogP contribution < -0.4 is 5.32 Å². The Morgan fingerprint density at radius 2 is 1.16 bits per heavy atom. The van der Waals surface area contributed by atoms with E-state index in [0.717, 1.165) is 32.4 Å². The maximum Gasteiger partial charge on any atom is 0.0433 e. The molecule has 1 rings (SSSR count). The van der Waals surface area contributed by atoms with E-state index in [-0.39, 0.29) is 13.2 Å². The van der Waals surface area contributed by atoms with E-state index in [1.165, 1.54) is 89.0 Å². The minimum absolute atomic E-state index is 0.254. The van der Waals surface area contributed by atoms with Gasteiger partial charge in [0.2, 0.25) is 0 Å². The van der Waals surface area contributed by atoms with Gasteiger partial charge in [-0.25, -0.2) is 0 Å². The lowest BCUT2D eigenvalue weighted by atomic mass is 9.95. The van der Waals surface area contributed by atoms with Crippen LogP contribution in [0, 0.1) is 5.92 Å². The number of unbranched alkanes of at least 4 members (excludes halogenated alkanes) is 11. The topological polar surface area (TPSA) is 52.5 Å². The highest BCUT2D eigenvalue weighted by Gasteiger charge is 2.06. The molecule has 3 nitrogen and oxygen atoms in total. The molecule has 0 atom stereocenters. The summed E-state index contributed by atoms with van der Waals surface area (Å²) in [5.74, 6) is 0.509. The van der Waals surface area contributed by atoms with Crippen LogP contribution in [0.3, 0.4) is 0 Å². The molecular weight excluding hydrogens is 394 g/mol. The first kappa shape index (κ1) is 28.9. The van der Waals surface area contributed by atoms with E-state index in [9.17, 15) is 0 Å². The van der Waals surface area contributed by atoms with Crippen molar-refractivity contribution in [2.75, 3.05) is 19.8 Å². The van der Waals surface area contributed by atoms with Crippen LogP contribution >= 0.6 is 0 Å². The van der Waals surface area contributed by atoms with Crippen molar-refractivity contribution >= 4 is 0 Å². The third-order valence-corrected chi connectivity index (χ3v) is 6.37. The smallest absolute Gasteiger partial charge is 0.0433 e. The highest BCUT2D eigenvalue weighted by atomic mass is 16.3. The number of nitrogens with one attached hydrogen (secondary N) is 1. The Bertz CT molecular complexity index is 511. The predicted molar refractivity (Wildman–Crippen MR) is 139 cm³/mol. The van der Waals surface area contributed by atoms with Crippen LogP contribution in [-0.2, 0) is 6.54 Å². The second kappa shape index (κ2) is 23.0. The van der Waals surface area contributed by atoms with Gasteiger partial charge in [-0.15, -0.1) is 0 Å². The summed E-state index contributed by atoms with van der Waals surface area (Å²) in [6.07, 6.45) is 24.7. The van der Waals surface area contributed by atoms with E-state index < -0.39 is 0 Å². The first-order valence-corrected chi connectivity index (χ1v) is 13.5. The molecule has 0 aliphatic rings. The van der Waals surface area contributed by atoms with Crippen molar-refractivity contribution in [3.05, 3.63) is 48.0 Å². The minimum Gasteiger partial charge on any atom is -0.396 e. The molecule has 0 aliphatic carbocycles. The largest absolute Gasteiger partial charge is 0.396 e. The van der Waals surface area contributed by atoms with E-state index in [1.807, 2.05) is 0 Å². The number of hydrogen-bond acceptors (Lipinski definition) is 3. The van der Waals surface area contributed by atoms with E-state index >= 15 is 0 Å². The number of aliphatic hydroxyl groups excluding tert-OH is 2. The Kier molecular flexibility index (Phi) is 20.8. The van der Waals surface area contributed by atoms with Gasteiger partial charge < -0.3 is 15.5 Å². The first-order chi connectivity index (χ1) is 15.9. The number of allylic oxidation sites excluding steroid dienone is 2. The van der Waals surface area contributed by atoms with Crippen LogP contribution in [0.4, 0.5) is 0 Å². The standard InChI is InChI=1S/C29H51NO2/c31-25-22-28(23-26-32)19-15-12-10-8-6-4-2-1-3-5-7-9-11-13-18-24-30-27-29-20-16-14-17-21-29/h1-2,14,16-17,20-21,28,30-32H,3-13,15,18-19,22-27H2/b2-1-. The number of benzene rings is 1. The molecular formula is C29H51NO2. The summed E-state index contributed by atoms with van der Waals surface area (Å²) in [5, 5.41) is 21.6. The van der Waals surface area contributed by atoms with E-state index in [2.05, 4.69) is 47.8 Å². The summed E-state index contributed by atoms with van der Waals surface area (Å²) in [6.45, 7) is 2.63. The molecule has 0 spiro atoms. The molecule has 1 aromatic rings. The van der Waals surface area contributed by atoms with Crippen molar-refractivity contribution < 1.29 is 10.2 Å². The molecule has 0 radical (unpaired) electrons. The van der Waals surface area contributed by atoms with E-state index in [4.69, 9.17) is 10.2 Å². The van der Waals surface area contributed by atoms with Crippen molar-refractivity contribution in [1.82, 2.24) is 5.32 Å². The summed E-state index contributed by atoms with van der Waals surface area (Å²) in [6, 6.07) is 10.6. The van der Waals surface area contributed by atoms with Gasteiger partial charge in [-0.3, -0.25) is 0 Å². The average molecular weight is 446 g/mol. The van der Waals surface area contributed by atoms with E-state index in [0.29, 0.717) is 5.92 Å². The Morgan fingerprint density at radius 3 is 1.75 bits per heavy atom. The van der Waals surface area contributed by atoms with Gasteiger partial charge in [0.25, 0.3) is 0 Å². The molecule has 0 unspecified atom stereocenters. The molecule has 3 N–H and O–H groups in total. The zero-order valence-electron chi connectivity index (χ0n) is 20.7. The van der Waals surface area contributed by atoms with Gasteiger partial charge in [0.1, 0.15) is 0 Å². The highest BCUT2D eigenvalue weighted by molar-refractivity contribution is 5.14. The monoisotopic (exact) mass is 445 g/mol. The Morgan fingerprint density at radius 1 is 0.625 bits per heavy atom. The van der Waals surface area contributed by atoms with Gasteiger partial charge in [0, 0.05) is 19.8 Å². The van der Waals surface area contributed by atoms with Gasteiger partial charge in [-0.1, -0.05) is 100 Å². The maximum atomic E-state index is 9.06. The number of rotatable bonds is 23. The Hall–Kier alpha value is -1.16. The third-order valence-electron chi connectivity index (χ3n) is 6.37. The van der Waals surface area contributed by atoms with Crippen LogP contribution in [0.25, 0.3) is 0 Å². The molecule has 3 heteroatoms. The third kappa shape index (κ3) is 18.4. The summed E-state index contributed by atoms with van der Waals surface area (Å²) in [5.41, 5.74) is 1.37. The maximum absolute atomic E-state index is 9.06. The van der Waals surface area contributed by atoms with Crippen LogP contribution in [0.1, 0.15) is 108 Å². The minimum atomic E-state index is 0.254. The number of hydrogen-bond donors (Lipinski definition) is 3. The van der Waals surface area contributed by atoms with Crippen LogP contribution in [0.5, 0.6) is 0 Å². The molecule has 0 aromatic heterocycles. The molecule has 1 aromatic carbocycles. The fourth-order valence-corrected chi connectivity index (χ4v) is 4.31. The fourth-order valence-electron chi connectivity index (χ4n) is 4.31. The predicted octanol–water partition coefficient (Wildman–Crippen LogP) is 7.17. The van der Waals surface area contributed by atoms with Gasteiger partial charge in [0.05, 0.1) is 0 Å². The fraction of sp³-hybridized carbons (Fsp3) is 0.724. The second-order valence-electron chi connectivity index (χ2n) is 9.28. The molecule has 0 bridgehead atoms. The highest BCUT2D eigenvalue weighted by Crippen LogP contribution is 2.18. The molecule has 0 aliphatic heterocycles. The van der Waals surface area contributed by atoms with Crippen LogP contribution in [-0.4, -0.2) is 30.0 Å². The Balaban J connectivity index is 1.76. The first-order valence-electron chi connectivity index (χ1n) is 13.5. The lowest BCUT2D eigenvalue weighted by Gasteiger charge is -2.13. The van der Waals surface area contributed by atoms with E-state index in [1.54, 1.807) is 0 Å². The number of aliphatic hydroxyl groups is 2. The zero-order valence-corrected chi connectivity index (χ0v) is 20.7. The summed E-state index contributed by atoms with van der Waals surface area (Å²) >= 11 is 0. The zero-order chi connectivity index (χ0) is 23.0. The molecule has 184 valence electrons. The molecule has 0 amide bonds. The van der Waals surface area contributed by atoms with Crippen molar-refractivity contribution in [3.8, 4) is 0 Å². The normalized spacial score (nSPS) is 11.7. The van der Waals surface area contributed by atoms with Gasteiger partial charge in [0.15, 0.2) is 0 Å². The van der Waals surface area contributed by atoms with Crippen LogP contribution in [0.15, 0.2) is 42.5 Å². The van der Waals surface area contributed by atoms with Crippen molar-refractivity contribution in [2.45, 2.75) is 109 Å². The SMILES string of the molecule is OCCC(CCO)CCCCCCC/C=C\CCCCCCCCNCc1ccccc1. The lowest BCUT2D eigenvalue weighted by molar-refractivity contribution is 0.207. The quantitative estimate of drug-likeness (QED) is 0.124. The summed E-state index contributed by atoms with van der Waals surface area (Å²) in [4.78, 5) is 0. The molecule has 32 heavy (non-hydrogen) atoms. The van der Waals surface area contributed by atoms with Crippen molar-refractivity contribution in [1.29, 1.82) is 0 Å². The summed E-state index contributed by atoms with van der Waals surface area (Å²) < 4.78 is 0. The van der Waals surface area contributed by atoms with Crippen LogP contribution in [0.2, 0.25) is 0 Å². The molecule has 0 saturated carbocycles. The van der Waals surface area contributed by atoms with Gasteiger partial charge in [-0.2, -0.15) is 0 Å². The summed E-state index contributed by atoms with van der Waals surface area (Å²) in [7, 11) is 0. The second-order valence-corrected chi connectivity index (χ2v) is 9.28.